The van der Waals surface area contributed by atoms with E-state index in [-0.39, 0.29) is 10.9 Å². The Morgan fingerprint density at radius 2 is 1.68 bits per heavy atom. The molecule has 0 aromatic heterocycles. The molecule has 0 spiro atoms. The number of sulfonamides is 2. The van der Waals surface area contributed by atoms with Crippen LogP contribution in [0.1, 0.15) is 19.8 Å². The van der Waals surface area contributed by atoms with Gasteiger partial charge in [-0.3, -0.25) is 10.1 Å². The molecular formula is C16H26N4O6S2. The molecule has 1 saturated heterocycles. The number of nitro benzene ring substituents is 1. The summed E-state index contributed by atoms with van der Waals surface area (Å²) in [5, 5.41) is 11.5. The fraction of sp³-hybridized carbons (Fsp3) is 0.625. The zero-order valence-corrected chi connectivity index (χ0v) is 18.0. The Balaban J connectivity index is 2.44. The number of benzene rings is 1. The highest BCUT2D eigenvalue weighted by Crippen LogP contribution is 2.31. The lowest BCUT2D eigenvalue weighted by atomic mass is 10.1. The van der Waals surface area contributed by atoms with E-state index in [1.54, 1.807) is 0 Å². The molecule has 0 atom stereocenters. The first-order valence-electron chi connectivity index (χ1n) is 8.84. The molecule has 2 rings (SSSR count). The van der Waals surface area contributed by atoms with Gasteiger partial charge < -0.3 is 4.90 Å². The van der Waals surface area contributed by atoms with E-state index in [2.05, 4.69) is 4.90 Å². The van der Waals surface area contributed by atoms with Crippen LogP contribution >= 0.6 is 0 Å². The van der Waals surface area contributed by atoms with Crippen LogP contribution in [0.5, 0.6) is 0 Å². The normalized spacial score (nSPS) is 17.4. The third-order valence-corrected chi connectivity index (χ3v) is 8.85. The predicted molar refractivity (Wildman–Crippen MR) is 104 cm³/mol. The standard InChI is InChI=1S/C16H26N4O6S2/c1-5-19-10-8-13(9-11-19)18(4)28(25,26)16-7-6-14(12-15(16)20(21)22)27(23,24)17(2)3/h6-7,12-13H,5,8-11H2,1-4H3. The minimum absolute atomic E-state index is 0.266. The average molecular weight is 435 g/mol. The van der Waals surface area contributed by atoms with Crippen molar-refractivity contribution in [2.75, 3.05) is 40.8 Å². The number of nitrogens with zero attached hydrogens (tertiary/aromatic N) is 4. The maximum absolute atomic E-state index is 13.1. The Bertz CT molecular complexity index is 938. The van der Waals surface area contributed by atoms with Crippen molar-refractivity contribution in [3.05, 3.63) is 28.3 Å². The van der Waals surface area contributed by atoms with Gasteiger partial charge in [-0.25, -0.2) is 21.1 Å². The molecular weight excluding hydrogens is 408 g/mol. The molecule has 1 aliphatic heterocycles. The summed E-state index contributed by atoms with van der Waals surface area (Å²) < 4.78 is 52.7. The van der Waals surface area contributed by atoms with Crippen molar-refractivity contribution >= 4 is 25.7 Å². The van der Waals surface area contributed by atoms with Gasteiger partial charge >= 0.3 is 0 Å². The third-order valence-electron chi connectivity index (χ3n) is 5.08. The maximum Gasteiger partial charge on any atom is 0.290 e. The summed E-state index contributed by atoms with van der Waals surface area (Å²) in [6, 6.07) is 2.62. The first-order valence-corrected chi connectivity index (χ1v) is 11.7. The SMILES string of the molecule is CCN1CCC(N(C)S(=O)(=O)c2ccc(S(=O)(=O)N(C)C)cc2[N+](=O)[O-])CC1. The van der Waals surface area contributed by atoms with Crippen LogP contribution in [0.3, 0.4) is 0 Å². The van der Waals surface area contributed by atoms with Gasteiger partial charge in [-0.2, -0.15) is 4.31 Å². The highest BCUT2D eigenvalue weighted by molar-refractivity contribution is 7.89. The number of rotatable bonds is 7. The smallest absolute Gasteiger partial charge is 0.290 e. The van der Waals surface area contributed by atoms with Crippen molar-refractivity contribution in [3.63, 3.8) is 0 Å². The second-order valence-corrected chi connectivity index (χ2v) is 11.0. The first-order chi connectivity index (χ1) is 12.9. The second-order valence-electron chi connectivity index (χ2n) is 6.86. The van der Waals surface area contributed by atoms with Gasteiger partial charge in [0.05, 0.1) is 9.82 Å². The number of hydrogen-bond donors (Lipinski definition) is 0. The van der Waals surface area contributed by atoms with Crippen LogP contribution in [0.2, 0.25) is 0 Å². The molecule has 28 heavy (non-hydrogen) atoms. The van der Waals surface area contributed by atoms with Crippen LogP contribution in [0.25, 0.3) is 0 Å². The summed E-state index contributed by atoms with van der Waals surface area (Å²) in [5.74, 6) is 0. The molecule has 0 amide bonds. The number of likely N-dealkylation sites (tertiary alicyclic amines) is 1. The summed E-state index contributed by atoms with van der Waals surface area (Å²) >= 11 is 0. The van der Waals surface area contributed by atoms with Gasteiger partial charge in [0, 0.05) is 33.3 Å². The molecule has 0 unspecified atom stereocenters. The zero-order chi connectivity index (χ0) is 21.3. The fourth-order valence-corrected chi connectivity index (χ4v) is 5.65. The third kappa shape index (κ3) is 4.35. The Kier molecular flexibility index (Phi) is 6.82. The highest BCUT2D eigenvalue weighted by Gasteiger charge is 2.36. The van der Waals surface area contributed by atoms with Gasteiger partial charge in [-0.1, -0.05) is 6.92 Å². The van der Waals surface area contributed by atoms with Crippen LogP contribution in [-0.2, 0) is 20.0 Å². The molecule has 1 aromatic rings. The van der Waals surface area contributed by atoms with Crippen LogP contribution in [0.4, 0.5) is 5.69 Å². The second kappa shape index (κ2) is 8.41. The van der Waals surface area contributed by atoms with E-state index in [1.165, 1.54) is 25.4 Å². The van der Waals surface area contributed by atoms with E-state index in [0.717, 1.165) is 42.1 Å². The van der Waals surface area contributed by atoms with Crippen LogP contribution < -0.4 is 0 Å². The maximum atomic E-state index is 13.1. The lowest BCUT2D eigenvalue weighted by molar-refractivity contribution is -0.388. The fourth-order valence-electron chi connectivity index (χ4n) is 3.18. The molecule has 1 fully saturated rings. The van der Waals surface area contributed by atoms with E-state index in [9.17, 15) is 26.9 Å². The lowest BCUT2D eigenvalue weighted by Crippen LogP contribution is -2.45. The molecule has 1 heterocycles. The van der Waals surface area contributed by atoms with E-state index < -0.39 is 35.6 Å². The van der Waals surface area contributed by atoms with Gasteiger partial charge in [0.2, 0.25) is 20.0 Å². The van der Waals surface area contributed by atoms with Gasteiger partial charge in [0.1, 0.15) is 0 Å². The molecule has 1 aliphatic rings. The molecule has 158 valence electrons. The van der Waals surface area contributed by atoms with Crippen LogP contribution in [0, 0.1) is 10.1 Å². The number of nitro groups is 1. The Morgan fingerprint density at radius 1 is 1.11 bits per heavy atom. The van der Waals surface area contributed by atoms with E-state index in [1.807, 2.05) is 6.92 Å². The van der Waals surface area contributed by atoms with E-state index in [4.69, 9.17) is 0 Å². The van der Waals surface area contributed by atoms with Crippen molar-refractivity contribution in [2.24, 2.45) is 0 Å². The zero-order valence-electron chi connectivity index (χ0n) is 16.4. The van der Waals surface area contributed by atoms with Crippen LogP contribution in [0.15, 0.2) is 28.0 Å². The Hall–Kier alpha value is -1.60. The molecule has 0 radical (unpaired) electrons. The predicted octanol–water partition coefficient (Wildman–Crippen LogP) is 0.950. The summed E-state index contributed by atoms with van der Waals surface area (Å²) in [7, 11) is -4.09. The highest BCUT2D eigenvalue weighted by atomic mass is 32.2. The molecule has 0 bridgehead atoms. The molecule has 0 N–H and O–H groups in total. The number of hydrogen-bond acceptors (Lipinski definition) is 7. The molecule has 10 nitrogen and oxygen atoms in total. The average Bonchev–Trinajstić information content (AvgIpc) is 2.66. The Labute approximate surface area is 166 Å². The van der Waals surface area contributed by atoms with E-state index in [0.29, 0.717) is 12.8 Å². The molecule has 12 heteroatoms. The summed E-state index contributed by atoms with van der Waals surface area (Å²) in [5.41, 5.74) is -0.749. The monoisotopic (exact) mass is 434 g/mol. The first kappa shape index (κ1) is 22.7. The van der Waals surface area contributed by atoms with Crippen molar-refractivity contribution in [1.82, 2.24) is 13.5 Å². The van der Waals surface area contributed by atoms with Crippen molar-refractivity contribution < 1.29 is 21.8 Å². The van der Waals surface area contributed by atoms with Gasteiger partial charge in [0.25, 0.3) is 5.69 Å². The Morgan fingerprint density at radius 3 is 2.14 bits per heavy atom. The minimum Gasteiger partial charge on any atom is -0.303 e. The van der Waals surface area contributed by atoms with Crippen molar-refractivity contribution in [1.29, 1.82) is 0 Å². The molecule has 0 aliphatic carbocycles. The summed E-state index contributed by atoms with van der Waals surface area (Å²) in [6.07, 6.45) is 1.26. The van der Waals surface area contributed by atoms with Gasteiger partial charge in [-0.15, -0.1) is 0 Å². The van der Waals surface area contributed by atoms with E-state index >= 15 is 0 Å². The summed E-state index contributed by atoms with van der Waals surface area (Å²) in [4.78, 5) is 12.0. The lowest BCUT2D eigenvalue weighted by Gasteiger charge is -2.35. The summed E-state index contributed by atoms with van der Waals surface area (Å²) in [6.45, 7) is 4.43. The van der Waals surface area contributed by atoms with Crippen LogP contribution in [-0.4, -0.2) is 82.1 Å². The molecule has 0 saturated carbocycles. The minimum atomic E-state index is -4.16. The van der Waals surface area contributed by atoms with Gasteiger partial charge in [0.15, 0.2) is 4.90 Å². The van der Waals surface area contributed by atoms with Crippen molar-refractivity contribution in [2.45, 2.75) is 35.6 Å². The quantitative estimate of drug-likeness (QED) is 0.463. The van der Waals surface area contributed by atoms with Crippen molar-refractivity contribution in [3.8, 4) is 0 Å². The molecule has 1 aromatic carbocycles. The topological polar surface area (TPSA) is 121 Å². The van der Waals surface area contributed by atoms with Gasteiger partial charge in [-0.05, 0) is 44.6 Å². The largest absolute Gasteiger partial charge is 0.303 e. The number of piperidine rings is 1.